The Kier molecular flexibility index (Phi) is 73.2. The molecule has 5 atom stereocenters. The van der Waals surface area contributed by atoms with Crippen molar-refractivity contribution in [3.05, 3.63) is 158 Å². The number of phosphoric ester groups is 2. The predicted octanol–water partition coefficient (Wildman–Crippen LogP) is 23.4. The van der Waals surface area contributed by atoms with Crippen LogP contribution in [0.15, 0.2) is 158 Å². The Hall–Kier alpha value is -4.83. The monoisotopic (exact) mass is 1480 g/mol. The highest BCUT2D eigenvalue weighted by Gasteiger charge is 2.29. The molecule has 5 unspecified atom stereocenters. The summed E-state index contributed by atoms with van der Waals surface area (Å²) in [6.45, 7) is 2.35. The normalized spacial score (nSPS) is 14.8. The molecule has 0 aliphatic carbocycles. The highest BCUT2D eigenvalue weighted by atomic mass is 31.2. The molecule has 103 heavy (non-hydrogen) atoms. The van der Waals surface area contributed by atoms with Crippen LogP contribution >= 0.6 is 15.6 Å². The zero-order valence-electron chi connectivity index (χ0n) is 64.2. The van der Waals surface area contributed by atoms with Crippen molar-refractivity contribution in [2.24, 2.45) is 0 Å². The van der Waals surface area contributed by atoms with Crippen LogP contribution in [0.5, 0.6) is 0 Å². The fourth-order valence-corrected chi connectivity index (χ4v) is 11.8. The molecular formula is C85H142O16P2. The number of phosphoric acid groups is 2. The van der Waals surface area contributed by atoms with E-state index in [-0.39, 0.29) is 19.3 Å². The molecule has 16 nitrogen and oxygen atoms in total. The first-order valence-electron chi connectivity index (χ1n) is 39.8. The van der Waals surface area contributed by atoms with Gasteiger partial charge < -0.3 is 34.2 Å². The number of unbranched alkanes of at least 4 members (excludes halogenated alkanes) is 25. The van der Waals surface area contributed by atoms with E-state index in [2.05, 4.69) is 179 Å². The van der Waals surface area contributed by atoms with Gasteiger partial charge in [-0.1, -0.05) is 294 Å². The number of carbonyl (C=O) groups excluding carboxylic acids is 3. The third-order valence-corrected chi connectivity index (χ3v) is 18.1. The maximum atomic E-state index is 13.0. The molecule has 0 heterocycles. The van der Waals surface area contributed by atoms with E-state index in [1.54, 1.807) is 0 Å². The Morgan fingerprint density at radius 1 is 0.282 bits per heavy atom. The quantitative estimate of drug-likeness (QED) is 0.0146. The Morgan fingerprint density at radius 2 is 0.515 bits per heavy atom. The first-order chi connectivity index (χ1) is 50.2. The van der Waals surface area contributed by atoms with Gasteiger partial charge in [0.25, 0.3) is 0 Å². The van der Waals surface area contributed by atoms with Gasteiger partial charge in [0.2, 0.25) is 0 Å². The van der Waals surface area contributed by atoms with E-state index in [0.717, 1.165) is 141 Å². The van der Waals surface area contributed by atoms with E-state index < -0.39 is 91.5 Å². The molecule has 0 aromatic heterocycles. The van der Waals surface area contributed by atoms with Gasteiger partial charge in [0, 0.05) is 19.3 Å². The minimum Gasteiger partial charge on any atom is -0.463 e. The van der Waals surface area contributed by atoms with Crippen LogP contribution in [0.3, 0.4) is 0 Å². The number of aliphatic hydroxyl groups excluding tert-OH is 2. The minimum atomic E-state index is -4.95. The van der Waals surface area contributed by atoms with Crippen molar-refractivity contribution < 1.29 is 75.8 Å². The lowest BCUT2D eigenvalue weighted by Gasteiger charge is -2.21. The maximum Gasteiger partial charge on any atom is 0.472 e. The van der Waals surface area contributed by atoms with Crippen LogP contribution in [0.25, 0.3) is 0 Å². The number of carbonyl (C=O) groups is 3. The summed E-state index contributed by atoms with van der Waals surface area (Å²) in [7, 11) is -9.82. The van der Waals surface area contributed by atoms with Crippen molar-refractivity contribution in [1.82, 2.24) is 0 Å². The first kappa shape index (κ1) is 98.2. The molecule has 0 amide bonds. The summed E-state index contributed by atoms with van der Waals surface area (Å²) in [4.78, 5) is 58.6. The molecule has 4 N–H and O–H groups in total. The van der Waals surface area contributed by atoms with Crippen molar-refractivity contribution >= 4 is 33.6 Å². The summed E-state index contributed by atoms with van der Waals surface area (Å²) < 4.78 is 61.1. The molecule has 0 aromatic rings. The summed E-state index contributed by atoms with van der Waals surface area (Å²) in [6.07, 6.45) is 95.9. The summed E-state index contributed by atoms with van der Waals surface area (Å²) in [5, 5.41) is 20.6. The number of allylic oxidation sites excluding steroid dienone is 26. The zero-order valence-corrected chi connectivity index (χ0v) is 66.0. The molecule has 0 saturated carbocycles. The van der Waals surface area contributed by atoms with E-state index in [1.807, 2.05) is 0 Å². The highest BCUT2D eigenvalue weighted by molar-refractivity contribution is 7.47. The molecule has 0 radical (unpaired) electrons. The van der Waals surface area contributed by atoms with E-state index >= 15 is 0 Å². The number of aliphatic hydroxyl groups is 2. The molecule has 0 bridgehead atoms. The van der Waals surface area contributed by atoms with Gasteiger partial charge in [0.15, 0.2) is 6.10 Å². The Labute approximate surface area is 625 Å². The van der Waals surface area contributed by atoms with Crippen LogP contribution in [0, 0.1) is 0 Å². The second-order valence-corrected chi connectivity index (χ2v) is 29.0. The lowest BCUT2D eigenvalue weighted by molar-refractivity contribution is -0.161. The topological polar surface area (TPSA) is 231 Å². The molecule has 0 rings (SSSR count). The maximum absolute atomic E-state index is 13.0. The van der Waals surface area contributed by atoms with Crippen LogP contribution in [-0.2, 0) is 55.8 Å². The Bertz CT molecular complexity index is 2500. The van der Waals surface area contributed by atoms with Crippen LogP contribution in [0.1, 0.15) is 303 Å². The van der Waals surface area contributed by atoms with Crippen LogP contribution < -0.4 is 0 Å². The molecule has 0 aliphatic rings. The van der Waals surface area contributed by atoms with Crippen molar-refractivity contribution in [1.29, 1.82) is 0 Å². The van der Waals surface area contributed by atoms with Crippen LogP contribution in [0.4, 0.5) is 0 Å². The number of hydrogen-bond acceptors (Lipinski definition) is 14. The molecule has 588 valence electrons. The van der Waals surface area contributed by atoms with Gasteiger partial charge >= 0.3 is 33.6 Å². The van der Waals surface area contributed by atoms with Crippen LogP contribution in [-0.4, -0.2) is 95.9 Å². The van der Waals surface area contributed by atoms with Gasteiger partial charge in [-0.25, -0.2) is 9.13 Å². The summed E-state index contributed by atoms with van der Waals surface area (Å²) in [5.74, 6) is -1.65. The molecular weight excluding hydrogens is 1340 g/mol. The average molecular weight is 1480 g/mol. The van der Waals surface area contributed by atoms with Gasteiger partial charge in [0.05, 0.1) is 26.4 Å². The minimum absolute atomic E-state index is 0.0700. The van der Waals surface area contributed by atoms with Gasteiger partial charge in [-0.15, -0.1) is 0 Å². The molecule has 0 aromatic carbocycles. The van der Waals surface area contributed by atoms with Crippen molar-refractivity contribution in [3.63, 3.8) is 0 Å². The predicted molar refractivity (Wildman–Crippen MR) is 426 cm³/mol. The fraction of sp³-hybridized carbons (Fsp3) is 0.659. The average Bonchev–Trinajstić information content (AvgIpc) is 0.924. The summed E-state index contributed by atoms with van der Waals surface area (Å²) in [6, 6.07) is 0. The van der Waals surface area contributed by atoms with Gasteiger partial charge in [-0.2, -0.15) is 0 Å². The fourth-order valence-electron chi connectivity index (χ4n) is 10.2. The molecule has 0 saturated heterocycles. The lowest BCUT2D eigenvalue weighted by Crippen LogP contribution is -2.30. The third kappa shape index (κ3) is 78.1. The smallest absolute Gasteiger partial charge is 0.463 e. The number of ether oxygens (including phenoxy) is 3. The Balaban J connectivity index is 4.54. The number of hydrogen-bond donors (Lipinski definition) is 4. The standard InChI is InChI=1S/C85H142O16P2/c1-4-7-10-13-16-19-22-25-28-30-32-34-35-36-37-38-39-40-41-42-43-45-47-48-51-53-56-59-62-65-68-71-83(88)95-74-80(86)75-97-102(91,92)98-76-81(87)77-99-103(93,94)100-79-82(101-85(90)73-70-67-64-61-58-55-50-27-24-21-18-15-12-9-6-3)78-96-84(89)72-69-66-63-60-57-54-52-49-46-44-33-31-29-26-23-20-17-14-11-8-5-2/h8-9,11-12,16-21,25-29,32-34,36-37,44,49-50,52,57,60,80-82,86-87H,4-7,10,13-15,22-24,30-31,35,38-43,45-48,51,53-56,58-59,61-79H2,1-3H3,(H,91,92)(H,93,94)/b11-8-,12-9-,19-16-,20-17-,21-18-,28-25-,29-26-,34-32-,37-36-,44-33-,50-27-,52-49-,60-57-. The number of rotatable bonds is 74. The first-order valence-corrected chi connectivity index (χ1v) is 42.8. The molecule has 0 spiro atoms. The molecule has 0 fully saturated rings. The second-order valence-electron chi connectivity index (χ2n) is 26.1. The van der Waals surface area contributed by atoms with Gasteiger partial charge in [-0.05, 0) is 148 Å². The molecule has 0 aliphatic heterocycles. The summed E-state index contributed by atoms with van der Waals surface area (Å²) in [5.41, 5.74) is 0. The SMILES string of the molecule is CC/C=C\C/C=C\C/C=C\C/C=C\C/C=C\C/C=C\CCCCC(=O)OCC(COP(=O)(O)OCC(O)COP(=O)(O)OCC(O)COC(=O)CCCCCCCCCCCCCCCCC/C=C\C/C=C\C/C=C\C/C=C\CCCCC)OC(=O)CCCCCCC/C=C\C/C=C\C/C=C\CC. The van der Waals surface area contributed by atoms with E-state index in [4.69, 9.17) is 32.3 Å². The largest absolute Gasteiger partial charge is 0.472 e. The Morgan fingerprint density at radius 3 is 0.835 bits per heavy atom. The van der Waals surface area contributed by atoms with Crippen molar-refractivity contribution in [3.8, 4) is 0 Å². The van der Waals surface area contributed by atoms with E-state index in [9.17, 15) is 43.5 Å². The number of esters is 3. The van der Waals surface area contributed by atoms with Crippen LogP contribution in [0.2, 0.25) is 0 Å². The van der Waals surface area contributed by atoms with Crippen molar-refractivity contribution in [2.75, 3.05) is 39.6 Å². The van der Waals surface area contributed by atoms with E-state index in [1.165, 1.54) is 103 Å². The zero-order chi connectivity index (χ0) is 75.2. The summed E-state index contributed by atoms with van der Waals surface area (Å²) >= 11 is 0. The molecule has 18 heteroatoms. The highest BCUT2D eigenvalue weighted by Crippen LogP contribution is 2.45. The lowest BCUT2D eigenvalue weighted by atomic mass is 10.0. The van der Waals surface area contributed by atoms with Gasteiger partial charge in [-0.3, -0.25) is 32.5 Å². The van der Waals surface area contributed by atoms with Crippen molar-refractivity contribution in [2.45, 2.75) is 322 Å². The van der Waals surface area contributed by atoms with E-state index in [0.29, 0.717) is 19.3 Å². The van der Waals surface area contributed by atoms with Gasteiger partial charge in [0.1, 0.15) is 25.4 Å². The second kappa shape index (κ2) is 76.8. The third-order valence-electron chi connectivity index (χ3n) is 16.2.